The van der Waals surface area contributed by atoms with Gasteiger partial charge in [-0.15, -0.1) is 0 Å². The molecule has 1 saturated heterocycles. The summed E-state index contributed by atoms with van der Waals surface area (Å²) in [4.78, 5) is 29.0. The second-order valence-electron chi connectivity index (χ2n) is 8.62. The van der Waals surface area contributed by atoms with Gasteiger partial charge in [0.05, 0.1) is 12.2 Å². The SMILES string of the molecule is Cn1cccc1-c1cc2n(n1)CCC(=O)N2CCCC(=O)NCCN1CCCCCC1. The Morgan fingerprint density at radius 2 is 1.94 bits per heavy atom. The Balaban J connectivity index is 1.26. The minimum atomic E-state index is 0.0669. The second kappa shape index (κ2) is 10.1. The summed E-state index contributed by atoms with van der Waals surface area (Å²) >= 11 is 0. The van der Waals surface area contributed by atoms with Gasteiger partial charge >= 0.3 is 0 Å². The molecule has 0 spiro atoms. The monoisotopic (exact) mass is 426 g/mol. The number of carbonyl (C=O) groups is 2. The summed E-state index contributed by atoms with van der Waals surface area (Å²) in [5.74, 6) is 0.999. The number of hydrogen-bond donors (Lipinski definition) is 1. The maximum Gasteiger partial charge on any atom is 0.229 e. The molecule has 0 unspecified atom stereocenters. The molecule has 1 N–H and O–H groups in total. The molecular formula is C23H34N6O2. The summed E-state index contributed by atoms with van der Waals surface area (Å²) in [6.45, 7) is 5.06. The first-order valence-electron chi connectivity index (χ1n) is 11.6. The first-order valence-corrected chi connectivity index (χ1v) is 11.6. The fourth-order valence-electron chi connectivity index (χ4n) is 4.54. The Morgan fingerprint density at radius 3 is 2.68 bits per heavy atom. The standard InChI is InChI=1S/C23H34N6O2/c1-26-12-6-8-20(26)19-18-22-28(23(31)10-16-29(22)25-19)15-7-9-21(30)24-11-17-27-13-4-2-3-5-14-27/h6,8,12,18H,2-5,7,9-11,13-17H2,1H3,(H,24,30). The zero-order valence-corrected chi connectivity index (χ0v) is 18.6. The predicted octanol–water partition coefficient (Wildman–Crippen LogP) is 2.40. The number of aromatic nitrogens is 3. The van der Waals surface area contributed by atoms with Crippen LogP contribution in [0.15, 0.2) is 24.4 Å². The molecule has 8 nitrogen and oxygen atoms in total. The first kappa shape index (κ1) is 21.6. The average molecular weight is 427 g/mol. The molecule has 0 aromatic carbocycles. The van der Waals surface area contributed by atoms with Gasteiger partial charge in [-0.2, -0.15) is 5.10 Å². The van der Waals surface area contributed by atoms with Gasteiger partial charge in [0.2, 0.25) is 11.8 Å². The zero-order chi connectivity index (χ0) is 21.6. The Kier molecular flexibility index (Phi) is 7.06. The van der Waals surface area contributed by atoms with Crippen molar-refractivity contribution in [3.63, 3.8) is 0 Å². The van der Waals surface area contributed by atoms with E-state index in [-0.39, 0.29) is 11.8 Å². The maximum absolute atomic E-state index is 12.5. The van der Waals surface area contributed by atoms with E-state index in [4.69, 9.17) is 5.10 Å². The van der Waals surface area contributed by atoms with Crippen LogP contribution < -0.4 is 10.2 Å². The van der Waals surface area contributed by atoms with Crippen molar-refractivity contribution in [3.8, 4) is 11.4 Å². The van der Waals surface area contributed by atoms with Gasteiger partial charge < -0.3 is 14.8 Å². The average Bonchev–Trinajstić information content (AvgIpc) is 3.28. The van der Waals surface area contributed by atoms with E-state index in [1.165, 1.54) is 25.7 Å². The summed E-state index contributed by atoms with van der Waals surface area (Å²) in [5, 5.41) is 7.73. The summed E-state index contributed by atoms with van der Waals surface area (Å²) in [6.07, 6.45) is 8.69. The minimum Gasteiger partial charge on any atom is -0.355 e. The quantitative estimate of drug-likeness (QED) is 0.703. The van der Waals surface area contributed by atoms with Gasteiger partial charge in [0.15, 0.2) is 0 Å². The number of likely N-dealkylation sites (tertiary alicyclic amines) is 1. The molecule has 31 heavy (non-hydrogen) atoms. The van der Waals surface area contributed by atoms with Crippen molar-refractivity contribution in [2.45, 2.75) is 51.5 Å². The number of nitrogens with one attached hydrogen (secondary N) is 1. The number of amides is 2. The van der Waals surface area contributed by atoms with Crippen molar-refractivity contribution in [2.24, 2.45) is 7.05 Å². The van der Waals surface area contributed by atoms with E-state index in [2.05, 4.69) is 10.2 Å². The molecule has 0 aliphatic carbocycles. The van der Waals surface area contributed by atoms with Crippen molar-refractivity contribution in [1.29, 1.82) is 0 Å². The number of rotatable bonds is 8. The fourth-order valence-corrected chi connectivity index (χ4v) is 4.54. The Labute approximate surface area is 184 Å². The van der Waals surface area contributed by atoms with E-state index in [0.717, 1.165) is 36.8 Å². The van der Waals surface area contributed by atoms with E-state index >= 15 is 0 Å². The highest BCUT2D eigenvalue weighted by atomic mass is 16.2. The van der Waals surface area contributed by atoms with Crippen molar-refractivity contribution >= 4 is 17.6 Å². The van der Waals surface area contributed by atoms with E-state index in [1.54, 1.807) is 4.90 Å². The fraction of sp³-hybridized carbons (Fsp3) is 0.609. The Bertz CT molecular complexity index is 894. The van der Waals surface area contributed by atoms with Crippen LogP contribution in [0, 0.1) is 0 Å². The highest BCUT2D eigenvalue weighted by molar-refractivity contribution is 5.94. The van der Waals surface area contributed by atoms with Gasteiger partial charge in [-0.25, -0.2) is 4.68 Å². The highest BCUT2D eigenvalue weighted by Crippen LogP contribution is 2.28. The topological polar surface area (TPSA) is 75.4 Å². The van der Waals surface area contributed by atoms with Crippen molar-refractivity contribution in [1.82, 2.24) is 24.6 Å². The normalized spacial score (nSPS) is 17.5. The van der Waals surface area contributed by atoms with Crippen LogP contribution in [0.3, 0.4) is 0 Å². The Hall–Kier alpha value is -2.61. The molecule has 2 aromatic heterocycles. The number of anilines is 1. The van der Waals surface area contributed by atoms with E-state index < -0.39 is 0 Å². The highest BCUT2D eigenvalue weighted by Gasteiger charge is 2.26. The molecule has 0 radical (unpaired) electrons. The summed E-state index contributed by atoms with van der Waals surface area (Å²) in [6, 6.07) is 5.99. The zero-order valence-electron chi connectivity index (χ0n) is 18.6. The molecule has 0 bridgehead atoms. The van der Waals surface area contributed by atoms with Crippen LogP contribution in [0.1, 0.15) is 44.9 Å². The minimum absolute atomic E-state index is 0.0669. The molecule has 2 aromatic rings. The number of aryl methyl sites for hydroxylation is 2. The van der Waals surface area contributed by atoms with E-state index in [9.17, 15) is 9.59 Å². The van der Waals surface area contributed by atoms with Crippen molar-refractivity contribution in [2.75, 3.05) is 37.6 Å². The van der Waals surface area contributed by atoms with Crippen LogP contribution in [0.25, 0.3) is 11.4 Å². The molecule has 2 amide bonds. The third-order valence-electron chi connectivity index (χ3n) is 6.31. The lowest BCUT2D eigenvalue weighted by Crippen LogP contribution is -2.39. The lowest BCUT2D eigenvalue weighted by molar-refractivity contribution is -0.122. The molecule has 0 atom stereocenters. The van der Waals surface area contributed by atoms with Crippen LogP contribution in [0.5, 0.6) is 0 Å². The molecule has 1 fully saturated rings. The molecule has 8 heteroatoms. The predicted molar refractivity (Wildman–Crippen MR) is 121 cm³/mol. The molecule has 0 saturated carbocycles. The van der Waals surface area contributed by atoms with Crippen LogP contribution in [0.2, 0.25) is 0 Å². The largest absolute Gasteiger partial charge is 0.355 e. The third-order valence-corrected chi connectivity index (χ3v) is 6.31. The number of hydrogen-bond acceptors (Lipinski definition) is 4. The van der Waals surface area contributed by atoms with E-state index in [0.29, 0.717) is 38.9 Å². The van der Waals surface area contributed by atoms with Gasteiger partial charge in [0, 0.05) is 51.8 Å². The van der Waals surface area contributed by atoms with Crippen LogP contribution in [-0.4, -0.2) is 63.8 Å². The van der Waals surface area contributed by atoms with Crippen LogP contribution in [0.4, 0.5) is 5.82 Å². The number of nitrogens with zero attached hydrogens (tertiary/aromatic N) is 5. The summed E-state index contributed by atoms with van der Waals surface area (Å²) in [7, 11) is 1.99. The number of fused-ring (bicyclic) bond motifs is 1. The lowest BCUT2D eigenvalue weighted by atomic mass is 10.2. The number of carbonyl (C=O) groups excluding carboxylic acids is 2. The lowest BCUT2D eigenvalue weighted by Gasteiger charge is -2.27. The molecular weight excluding hydrogens is 392 g/mol. The van der Waals surface area contributed by atoms with Crippen LogP contribution >= 0.6 is 0 Å². The first-order chi connectivity index (χ1) is 15.1. The van der Waals surface area contributed by atoms with Gasteiger partial charge in [-0.1, -0.05) is 12.8 Å². The molecule has 2 aliphatic rings. The van der Waals surface area contributed by atoms with E-state index in [1.807, 2.05) is 40.7 Å². The molecule has 2 aliphatic heterocycles. The maximum atomic E-state index is 12.5. The molecule has 4 rings (SSSR count). The van der Waals surface area contributed by atoms with Gasteiger partial charge in [-0.3, -0.25) is 14.5 Å². The van der Waals surface area contributed by atoms with Gasteiger partial charge in [0.1, 0.15) is 11.5 Å². The van der Waals surface area contributed by atoms with Crippen molar-refractivity contribution < 1.29 is 9.59 Å². The third kappa shape index (κ3) is 5.36. The molecule has 168 valence electrons. The van der Waals surface area contributed by atoms with Gasteiger partial charge in [0.25, 0.3) is 0 Å². The van der Waals surface area contributed by atoms with Gasteiger partial charge in [-0.05, 0) is 44.5 Å². The molecule has 4 heterocycles. The van der Waals surface area contributed by atoms with Crippen LogP contribution in [-0.2, 0) is 23.2 Å². The second-order valence-corrected chi connectivity index (χ2v) is 8.62. The smallest absolute Gasteiger partial charge is 0.229 e. The van der Waals surface area contributed by atoms with Crippen molar-refractivity contribution in [3.05, 3.63) is 24.4 Å². The summed E-state index contributed by atoms with van der Waals surface area (Å²) < 4.78 is 3.93. The Morgan fingerprint density at radius 1 is 1.13 bits per heavy atom. The summed E-state index contributed by atoms with van der Waals surface area (Å²) in [5.41, 5.74) is 1.89.